The molecule has 0 bridgehead atoms. The number of hydrogen-bond acceptors (Lipinski definition) is 6. The standard InChI is InChI=1S/C18H23N5O2S/c1-12-14(13(2)25-22-12)7-8-17(24)19-15(9-11-26-3)18-21-20-16-6-4-5-10-23(16)18/h4-6,10,15H,7-9,11H2,1-3H3,(H,19,24). The van der Waals surface area contributed by atoms with Gasteiger partial charge in [-0.25, -0.2) is 0 Å². The van der Waals surface area contributed by atoms with Crippen LogP contribution in [0.2, 0.25) is 0 Å². The Labute approximate surface area is 156 Å². The Kier molecular flexibility index (Phi) is 5.92. The Morgan fingerprint density at radius 1 is 1.35 bits per heavy atom. The molecule has 3 aromatic heterocycles. The van der Waals surface area contributed by atoms with E-state index in [0.29, 0.717) is 12.8 Å². The lowest BCUT2D eigenvalue weighted by atomic mass is 10.1. The van der Waals surface area contributed by atoms with Gasteiger partial charge in [0.05, 0.1) is 11.7 Å². The van der Waals surface area contributed by atoms with Crippen molar-refractivity contribution in [1.29, 1.82) is 0 Å². The molecule has 138 valence electrons. The average molecular weight is 373 g/mol. The van der Waals surface area contributed by atoms with Crippen LogP contribution in [0.25, 0.3) is 5.65 Å². The van der Waals surface area contributed by atoms with Crippen molar-refractivity contribution in [2.45, 2.75) is 39.2 Å². The summed E-state index contributed by atoms with van der Waals surface area (Å²) in [6.07, 6.45) is 5.77. The molecule has 8 heteroatoms. The number of aromatic nitrogens is 4. The number of amides is 1. The van der Waals surface area contributed by atoms with Crippen molar-refractivity contribution in [3.8, 4) is 0 Å². The van der Waals surface area contributed by atoms with Crippen molar-refractivity contribution in [3.05, 3.63) is 47.2 Å². The van der Waals surface area contributed by atoms with Gasteiger partial charge in [-0.05, 0) is 50.8 Å². The van der Waals surface area contributed by atoms with Crippen LogP contribution in [0, 0.1) is 13.8 Å². The summed E-state index contributed by atoms with van der Waals surface area (Å²) in [5.74, 6) is 2.46. The van der Waals surface area contributed by atoms with Crippen LogP contribution in [0.5, 0.6) is 0 Å². The minimum absolute atomic E-state index is 0.0104. The smallest absolute Gasteiger partial charge is 0.220 e. The number of carbonyl (C=O) groups is 1. The zero-order valence-corrected chi connectivity index (χ0v) is 16.0. The Hall–Kier alpha value is -2.35. The predicted molar refractivity (Wildman–Crippen MR) is 101 cm³/mol. The fourth-order valence-corrected chi connectivity index (χ4v) is 3.43. The Balaban J connectivity index is 1.71. The van der Waals surface area contributed by atoms with Gasteiger partial charge < -0.3 is 9.84 Å². The van der Waals surface area contributed by atoms with Crippen LogP contribution in [-0.2, 0) is 11.2 Å². The molecule has 1 unspecified atom stereocenters. The van der Waals surface area contributed by atoms with E-state index in [4.69, 9.17) is 4.52 Å². The van der Waals surface area contributed by atoms with Gasteiger partial charge in [-0.1, -0.05) is 11.2 Å². The van der Waals surface area contributed by atoms with Gasteiger partial charge in [-0.2, -0.15) is 11.8 Å². The molecule has 3 rings (SSSR count). The highest BCUT2D eigenvalue weighted by Crippen LogP contribution is 2.19. The van der Waals surface area contributed by atoms with Crippen LogP contribution < -0.4 is 5.32 Å². The molecule has 26 heavy (non-hydrogen) atoms. The molecule has 3 aromatic rings. The molecule has 0 aliphatic heterocycles. The van der Waals surface area contributed by atoms with Crippen molar-refractivity contribution in [2.24, 2.45) is 0 Å². The third-order valence-corrected chi connectivity index (χ3v) is 5.02. The molecule has 3 heterocycles. The molecule has 1 atom stereocenters. The number of carbonyl (C=O) groups excluding carboxylic acids is 1. The number of fused-ring (bicyclic) bond motifs is 1. The predicted octanol–water partition coefficient (Wildman–Crippen LogP) is 2.88. The quantitative estimate of drug-likeness (QED) is 0.653. The number of nitrogens with one attached hydrogen (secondary N) is 1. The normalized spacial score (nSPS) is 12.4. The van der Waals surface area contributed by atoms with E-state index >= 15 is 0 Å². The van der Waals surface area contributed by atoms with Gasteiger partial charge in [-0.15, -0.1) is 10.2 Å². The van der Waals surface area contributed by atoms with Crippen molar-refractivity contribution >= 4 is 23.3 Å². The molecule has 1 amide bonds. The van der Waals surface area contributed by atoms with Gasteiger partial charge in [0, 0.05) is 18.2 Å². The summed E-state index contributed by atoms with van der Waals surface area (Å²) >= 11 is 1.75. The lowest BCUT2D eigenvalue weighted by Crippen LogP contribution is -2.30. The number of aryl methyl sites for hydroxylation is 2. The van der Waals surface area contributed by atoms with Crippen molar-refractivity contribution in [3.63, 3.8) is 0 Å². The molecule has 0 spiro atoms. The average Bonchev–Trinajstić information content (AvgIpc) is 3.20. The summed E-state index contributed by atoms with van der Waals surface area (Å²) in [4.78, 5) is 12.5. The maximum absolute atomic E-state index is 12.5. The van der Waals surface area contributed by atoms with Gasteiger partial charge in [0.2, 0.25) is 5.91 Å². The van der Waals surface area contributed by atoms with E-state index in [1.165, 1.54) is 0 Å². The SMILES string of the molecule is CSCCC(NC(=O)CCc1c(C)noc1C)c1nnc2ccccn12. The second-order valence-corrected chi connectivity index (χ2v) is 7.18. The summed E-state index contributed by atoms with van der Waals surface area (Å²) < 4.78 is 7.09. The Morgan fingerprint density at radius 2 is 2.19 bits per heavy atom. The zero-order chi connectivity index (χ0) is 18.5. The van der Waals surface area contributed by atoms with Crippen LogP contribution in [-0.4, -0.2) is 37.7 Å². The lowest BCUT2D eigenvalue weighted by molar-refractivity contribution is -0.121. The van der Waals surface area contributed by atoms with Gasteiger partial charge >= 0.3 is 0 Å². The highest BCUT2D eigenvalue weighted by molar-refractivity contribution is 7.98. The van der Waals surface area contributed by atoms with E-state index in [-0.39, 0.29) is 11.9 Å². The van der Waals surface area contributed by atoms with Crippen LogP contribution in [0.15, 0.2) is 28.9 Å². The molecule has 0 radical (unpaired) electrons. The molecule has 0 fully saturated rings. The molecule has 0 aromatic carbocycles. The van der Waals surface area contributed by atoms with Gasteiger partial charge in [0.1, 0.15) is 5.76 Å². The van der Waals surface area contributed by atoms with Crippen LogP contribution >= 0.6 is 11.8 Å². The largest absolute Gasteiger partial charge is 0.361 e. The summed E-state index contributed by atoms with van der Waals surface area (Å²) in [5.41, 5.74) is 2.63. The monoisotopic (exact) mass is 373 g/mol. The maximum atomic E-state index is 12.5. The van der Waals surface area contributed by atoms with Gasteiger partial charge in [-0.3, -0.25) is 9.20 Å². The summed E-state index contributed by atoms with van der Waals surface area (Å²) in [7, 11) is 0. The zero-order valence-electron chi connectivity index (χ0n) is 15.2. The molecule has 0 saturated carbocycles. The van der Waals surface area contributed by atoms with E-state index in [9.17, 15) is 4.79 Å². The van der Waals surface area contributed by atoms with E-state index in [2.05, 4.69) is 26.9 Å². The first kappa shape index (κ1) is 18.4. The summed E-state index contributed by atoms with van der Waals surface area (Å²) in [6, 6.07) is 5.59. The number of hydrogen-bond donors (Lipinski definition) is 1. The number of pyridine rings is 1. The van der Waals surface area contributed by atoms with E-state index in [1.807, 2.05) is 42.6 Å². The van der Waals surface area contributed by atoms with Gasteiger partial charge in [0.25, 0.3) is 0 Å². The third kappa shape index (κ3) is 4.07. The third-order valence-electron chi connectivity index (χ3n) is 4.38. The molecule has 1 N–H and O–H groups in total. The second-order valence-electron chi connectivity index (χ2n) is 6.19. The molecule has 0 aliphatic rings. The van der Waals surface area contributed by atoms with E-state index in [1.54, 1.807) is 11.8 Å². The topological polar surface area (TPSA) is 85.3 Å². The Bertz CT molecular complexity index is 869. The van der Waals surface area contributed by atoms with Crippen LogP contribution in [0.1, 0.15) is 41.7 Å². The number of nitrogens with zero attached hydrogens (tertiary/aromatic N) is 4. The van der Waals surface area contributed by atoms with E-state index in [0.717, 1.165) is 40.7 Å². The van der Waals surface area contributed by atoms with Crippen LogP contribution in [0.3, 0.4) is 0 Å². The number of thioether (sulfide) groups is 1. The maximum Gasteiger partial charge on any atom is 0.220 e. The second kappa shape index (κ2) is 8.35. The minimum atomic E-state index is -0.169. The minimum Gasteiger partial charge on any atom is -0.361 e. The molecule has 0 aliphatic carbocycles. The fraction of sp³-hybridized carbons (Fsp3) is 0.444. The van der Waals surface area contributed by atoms with Crippen molar-refractivity contribution < 1.29 is 9.32 Å². The molecular weight excluding hydrogens is 350 g/mol. The van der Waals surface area contributed by atoms with Gasteiger partial charge in [0.15, 0.2) is 11.5 Å². The molecular formula is C18H23N5O2S. The van der Waals surface area contributed by atoms with Crippen molar-refractivity contribution in [1.82, 2.24) is 25.1 Å². The first-order chi connectivity index (χ1) is 12.6. The lowest BCUT2D eigenvalue weighted by Gasteiger charge is -2.17. The van der Waals surface area contributed by atoms with Crippen LogP contribution in [0.4, 0.5) is 0 Å². The summed E-state index contributed by atoms with van der Waals surface area (Å²) in [5, 5.41) is 15.6. The highest BCUT2D eigenvalue weighted by Gasteiger charge is 2.20. The Morgan fingerprint density at radius 3 is 2.92 bits per heavy atom. The fourth-order valence-electron chi connectivity index (χ4n) is 2.96. The summed E-state index contributed by atoms with van der Waals surface area (Å²) in [6.45, 7) is 3.77. The van der Waals surface area contributed by atoms with E-state index < -0.39 is 0 Å². The molecule has 0 saturated heterocycles. The first-order valence-corrected chi connectivity index (χ1v) is 9.99. The number of rotatable bonds is 8. The highest BCUT2D eigenvalue weighted by atomic mass is 32.2. The molecule has 7 nitrogen and oxygen atoms in total. The first-order valence-electron chi connectivity index (χ1n) is 8.60. The van der Waals surface area contributed by atoms with Crippen molar-refractivity contribution in [2.75, 3.05) is 12.0 Å².